The summed E-state index contributed by atoms with van der Waals surface area (Å²) in [6, 6.07) is 7.60. The standard InChI is InChI=1S/C10H11N3/c1-6-4-7-5-8(11)2-3-9(7)10(12)13-6/h2-5H,11H2,1H3,(H2,12,13). The molecule has 0 aliphatic rings. The molecule has 0 radical (unpaired) electrons. The van der Waals surface area contributed by atoms with Crippen LogP contribution in [0.3, 0.4) is 0 Å². The zero-order valence-electron chi connectivity index (χ0n) is 7.41. The van der Waals surface area contributed by atoms with E-state index < -0.39 is 0 Å². The first-order valence-electron chi connectivity index (χ1n) is 4.09. The highest BCUT2D eigenvalue weighted by atomic mass is 14.8. The molecule has 1 aromatic carbocycles. The van der Waals surface area contributed by atoms with Crippen LogP contribution in [0, 0.1) is 6.92 Å². The molecule has 4 N–H and O–H groups in total. The van der Waals surface area contributed by atoms with E-state index in [9.17, 15) is 0 Å². The number of nitrogens with zero attached hydrogens (tertiary/aromatic N) is 1. The van der Waals surface area contributed by atoms with Gasteiger partial charge in [0.15, 0.2) is 0 Å². The SMILES string of the molecule is Cc1cc2cc(N)ccc2c(N)n1. The van der Waals surface area contributed by atoms with E-state index in [4.69, 9.17) is 11.5 Å². The van der Waals surface area contributed by atoms with Crippen molar-refractivity contribution in [2.24, 2.45) is 0 Å². The summed E-state index contributed by atoms with van der Waals surface area (Å²) in [4.78, 5) is 4.17. The monoisotopic (exact) mass is 173 g/mol. The van der Waals surface area contributed by atoms with Crippen LogP contribution in [0.4, 0.5) is 11.5 Å². The quantitative estimate of drug-likeness (QED) is 0.596. The Kier molecular flexibility index (Phi) is 1.59. The van der Waals surface area contributed by atoms with Gasteiger partial charge in [-0.05, 0) is 36.6 Å². The molecule has 0 spiro atoms. The minimum Gasteiger partial charge on any atom is -0.399 e. The molecule has 3 heteroatoms. The van der Waals surface area contributed by atoms with Crippen molar-refractivity contribution < 1.29 is 0 Å². The average molecular weight is 173 g/mol. The van der Waals surface area contributed by atoms with Crippen molar-refractivity contribution in [3.05, 3.63) is 30.0 Å². The highest BCUT2D eigenvalue weighted by Crippen LogP contribution is 2.22. The number of anilines is 2. The van der Waals surface area contributed by atoms with Gasteiger partial charge in [0, 0.05) is 16.8 Å². The fourth-order valence-corrected chi connectivity index (χ4v) is 1.44. The summed E-state index contributed by atoms with van der Waals surface area (Å²) in [5.41, 5.74) is 13.1. The lowest BCUT2D eigenvalue weighted by Gasteiger charge is -2.03. The summed E-state index contributed by atoms with van der Waals surface area (Å²) in [6.45, 7) is 1.92. The maximum Gasteiger partial charge on any atom is 0.131 e. The van der Waals surface area contributed by atoms with Gasteiger partial charge < -0.3 is 11.5 Å². The second kappa shape index (κ2) is 2.62. The van der Waals surface area contributed by atoms with E-state index in [-0.39, 0.29) is 0 Å². The summed E-state index contributed by atoms with van der Waals surface area (Å²) in [5.74, 6) is 0.565. The molecule has 0 unspecified atom stereocenters. The number of rotatable bonds is 0. The van der Waals surface area contributed by atoms with Crippen LogP contribution in [0.15, 0.2) is 24.3 Å². The minimum absolute atomic E-state index is 0.565. The van der Waals surface area contributed by atoms with Crippen molar-refractivity contribution >= 4 is 22.3 Å². The van der Waals surface area contributed by atoms with Crippen LogP contribution in [0.1, 0.15) is 5.69 Å². The van der Waals surface area contributed by atoms with Crippen LogP contribution in [-0.2, 0) is 0 Å². The van der Waals surface area contributed by atoms with Crippen molar-refractivity contribution in [3.63, 3.8) is 0 Å². The van der Waals surface area contributed by atoms with Gasteiger partial charge in [-0.15, -0.1) is 0 Å². The van der Waals surface area contributed by atoms with E-state index in [0.29, 0.717) is 5.82 Å². The fraction of sp³-hybridized carbons (Fsp3) is 0.100. The van der Waals surface area contributed by atoms with Crippen molar-refractivity contribution in [3.8, 4) is 0 Å². The number of fused-ring (bicyclic) bond motifs is 1. The number of pyridine rings is 1. The molecule has 0 saturated carbocycles. The Morgan fingerprint density at radius 1 is 1.15 bits per heavy atom. The first kappa shape index (κ1) is 7.86. The van der Waals surface area contributed by atoms with Crippen LogP contribution in [0.2, 0.25) is 0 Å². The molecule has 66 valence electrons. The molecule has 1 aromatic heterocycles. The molecule has 2 aromatic rings. The number of aromatic nitrogens is 1. The van der Waals surface area contributed by atoms with Gasteiger partial charge in [-0.1, -0.05) is 0 Å². The number of nitrogens with two attached hydrogens (primary N) is 2. The Hall–Kier alpha value is -1.77. The zero-order chi connectivity index (χ0) is 9.42. The maximum absolute atomic E-state index is 5.76. The topological polar surface area (TPSA) is 64.9 Å². The number of aryl methyl sites for hydroxylation is 1. The van der Waals surface area contributed by atoms with Crippen molar-refractivity contribution in [1.29, 1.82) is 0 Å². The zero-order valence-corrected chi connectivity index (χ0v) is 7.41. The van der Waals surface area contributed by atoms with Gasteiger partial charge in [-0.25, -0.2) is 4.98 Å². The second-order valence-electron chi connectivity index (χ2n) is 3.13. The third-order valence-electron chi connectivity index (χ3n) is 2.01. The number of benzene rings is 1. The molecule has 0 atom stereocenters. The highest BCUT2D eigenvalue weighted by molar-refractivity contribution is 5.93. The number of hydrogen-bond acceptors (Lipinski definition) is 3. The number of hydrogen-bond donors (Lipinski definition) is 2. The van der Waals surface area contributed by atoms with E-state index in [2.05, 4.69) is 4.98 Å². The number of nitrogen functional groups attached to an aromatic ring is 2. The molecule has 3 nitrogen and oxygen atoms in total. The van der Waals surface area contributed by atoms with Gasteiger partial charge in [0.25, 0.3) is 0 Å². The minimum atomic E-state index is 0.565. The summed E-state index contributed by atoms with van der Waals surface area (Å²) >= 11 is 0. The van der Waals surface area contributed by atoms with E-state index in [0.717, 1.165) is 22.2 Å². The van der Waals surface area contributed by atoms with Crippen molar-refractivity contribution in [1.82, 2.24) is 4.98 Å². The van der Waals surface area contributed by atoms with Crippen LogP contribution >= 0.6 is 0 Å². The van der Waals surface area contributed by atoms with Gasteiger partial charge in [-0.3, -0.25) is 0 Å². The lowest BCUT2D eigenvalue weighted by Crippen LogP contribution is -1.94. The van der Waals surface area contributed by atoms with Gasteiger partial charge in [0.2, 0.25) is 0 Å². The molecule has 0 bridgehead atoms. The molecule has 0 amide bonds. The molecule has 13 heavy (non-hydrogen) atoms. The van der Waals surface area contributed by atoms with E-state index in [1.165, 1.54) is 0 Å². The van der Waals surface area contributed by atoms with Crippen LogP contribution < -0.4 is 11.5 Å². The molecule has 2 rings (SSSR count). The largest absolute Gasteiger partial charge is 0.399 e. The van der Waals surface area contributed by atoms with Gasteiger partial charge in [-0.2, -0.15) is 0 Å². The predicted molar refractivity (Wildman–Crippen MR) is 55.3 cm³/mol. The van der Waals surface area contributed by atoms with E-state index >= 15 is 0 Å². The van der Waals surface area contributed by atoms with Crippen LogP contribution in [-0.4, -0.2) is 4.98 Å². The molecular weight excluding hydrogens is 162 g/mol. The van der Waals surface area contributed by atoms with Crippen LogP contribution in [0.25, 0.3) is 10.8 Å². The Labute approximate surface area is 76.4 Å². The first-order valence-corrected chi connectivity index (χ1v) is 4.09. The fourth-order valence-electron chi connectivity index (χ4n) is 1.44. The average Bonchev–Trinajstić information content (AvgIpc) is 2.02. The molecule has 0 aliphatic carbocycles. The third kappa shape index (κ3) is 1.28. The van der Waals surface area contributed by atoms with E-state index in [1.807, 2.05) is 31.2 Å². The summed E-state index contributed by atoms with van der Waals surface area (Å²) in [7, 11) is 0. The lowest BCUT2D eigenvalue weighted by molar-refractivity contribution is 1.23. The lowest BCUT2D eigenvalue weighted by atomic mass is 10.1. The normalized spacial score (nSPS) is 10.5. The van der Waals surface area contributed by atoms with Gasteiger partial charge in [0.1, 0.15) is 5.82 Å². The summed E-state index contributed by atoms with van der Waals surface area (Å²) < 4.78 is 0. The van der Waals surface area contributed by atoms with Crippen molar-refractivity contribution in [2.75, 3.05) is 11.5 Å². The summed E-state index contributed by atoms with van der Waals surface area (Å²) in [6.07, 6.45) is 0. The Morgan fingerprint density at radius 2 is 1.92 bits per heavy atom. The molecule has 0 aliphatic heterocycles. The predicted octanol–water partition coefficient (Wildman–Crippen LogP) is 1.71. The Balaban J connectivity index is 2.86. The van der Waals surface area contributed by atoms with Gasteiger partial charge in [0.05, 0.1) is 0 Å². The molecule has 1 heterocycles. The first-order chi connectivity index (χ1) is 6.16. The smallest absolute Gasteiger partial charge is 0.131 e. The Bertz CT molecular complexity index is 458. The molecular formula is C10H11N3. The van der Waals surface area contributed by atoms with Crippen LogP contribution in [0.5, 0.6) is 0 Å². The summed E-state index contributed by atoms with van der Waals surface area (Å²) in [5, 5.41) is 2.00. The maximum atomic E-state index is 5.76. The molecule has 0 saturated heterocycles. The highest BCUT2D eigenvalue weighted by Gasteiger charge is 2.00. The third-order valence-corrected chi connectivity index (χ3v) is 2.01. The van der Waals surface area contributed by atoms with E-state index in [1.54, 1.807) is 0 Å². The van der Waals surface area contributed by atoms with Crippen molar-refractivity contribution in [2.45, 2.75) is 6.92 Å². The second-order valence-corrected chi connectivity index (χ2v) is 3.13. The van der Waals surface area contributed by atoms with Gasteiger partial charge >= 0.3 is 0 Å². The Morgan fingerprint density at radius 3 is 2.69 bits per heavy atom. The molecule has 0 fully saturated rings.